The van der Waals surface area contributed by atoms with Crippen molar-refractivity contribution in [1.29, 1.82) is 0 Å². The zero-order chi connectivity index (χ0) is 11.1. The number of halogens is 2. The zero-order valence-electron chi connectivity index (χ0n) is 9.72. The second kappa shape index (κ2) is 4.53. The lowest BCUT2D eigenvalue weighted by Gasteiger charge is -2.43. The first-order valence-corrected chi connectivity index (χ1v) is 7.64. The van der Waals surface area contributed by atoms with Crippen molar-refractivity contribution in [3.8, 4) is 0 Å². The highest BCUT2D eigenvalue weighted by Crippen LogP contribution is 2.49. The first-order valence-electron chi connectivity index (χ1n) is 6.77. The van der Waals surface area contributed by atoms with E-state index in [0.717, 1.165) is 18.3 Å². The fraction of sp³-hybridized carbons (Fsp3) is 0.857. The Bertz CT molecular complexity index is 308. The number of fused-ring (bicyclic) bond motifs is 2. The Morgan fingerprint density at radius 1 is 0.812 bits per heavy atom. The number of alkyl halides is 2. The molecule has 0 amide bonds. The normalized spacial score (nSPS) is 43.9. The summed E-state index contributed by atoms with van der Waals surface area (Å²) in [5.74, 6) is 1.85. The Hall–Kier alpha value is 0.320. The smallest absolute Gasteiger partial charge is 0.0711 e. The molecule has 3 aliphatic carbocycles. The van der Waals surface area contributed by atoms with Crippen molar-refractivity contribution in [3.63, 3.8) is 0 Å². The third-order valence-electron chi connectivity index (χ3n) is 4.89. The molecule has 1 saturated carbocycles. The minimum absolute atomic E-state index is 0.133. The van der Waals surface area contributed by atoms with Gasteiger partial charge in [0, 0.05) is 0 Å². The summed E-state index contributed by atoms with van der Waals surface area (Å²) in [6.45, 7) is 0. The standard InChI is InChI=1S/C14H20Cl2/c15-13-8-7-11-10-4-2-1-3-9(10)5-6-12(11)14(13)16/h9-10,13-14H,1-8H2. The largest absolute Gasteiger partial charge is 0.121 e. The molecular formula is C14H20Cl2. The van der Waals surface area contributed by atoms with Crippen molar-refractivity contribution < 1.29 is 0 Å². The molecule has 0 aromatic carbocycles. The average Bonchev–Trinajstić information content (AvgIpc) is 2.33. The van der Waals surface area contributed by atoms with E-state index in [-0.39, 0.29) is 10.8 Å². The maximum absolute atomic E-state index is 6.48. The van der Waals surface area contributed by atoms with Crippen LogP contribution >= 0.6 is 23.2 Å². The van der Waals surface area contributed by atoms with Gasteiger partial charge in [-0.2, -0.15) is 0 Å². The molecule has 3 aliphatic rings. The minimum atomic E-state index is 0.133. The molecule has 0 spiro atoms. The molecule has 1 fully saturated rings. The first-order chi connectivity index (χ1) is 7.77. The van der Waals surface area contributed by atoms with E-state index in [1.807, 2.05) is 0 Å². The maximum atomic E-state index is 6.48. The summed E-state index contributed by atoms with van der Waals surface area (Å²) in [5.41, 5.74) is 3.27. The van der Waals surface area contributed by atoms with Crippen LogP contribution in [0.3, 0.4) is 0 Å². The van der Waals surface area contributed by atoms with Crippen LogP contribution in [0, 0.1) is 11.8 Å². The lowest BCUT2D eigenvalue weighted by atomic mass is 9.65. The zero-order valence-corrected chi connectivity index (χ0v) is 11.2. The first kappa shape index (κ1) is 11.4. The van der Waals surface area contributed by atoms with Crippen LogP contribution in [0.2, 0.25) is 0 Å². The predicted octanol–water partition coefficient (Wildman–Crippen LogP) is 4.89. The van der Waals surface area contributed by atoms with Crippen molar-refractivity contribution in [2.45, 2.75) is 62.1 Å². The fourth-order valence-electron chi connectivity index (χ4n) is 4.07. The van der Waals surface area contributed by atoms with E-state index in [9.17, 15) is 0 Å². The summed E-state index contributed by atoms with van der Waals surface area (Å²) in [6.07, 6.45) is 10.7. The van der Waals surface area contributed by atoms with Crippen molar-refractivity contribution in [2.24, 2.45) is 11.8 Å². The Labute approximate surface area is 108 Å². The molecule has 4 unspecified atom stereocenters. The molecule has 0 N–H and O–H groups in total. The molecule has 3 rings (SSSR count). The molecule has 0 radical (unpaired) electrons. The third kappa shape index (κ3) is 1.82. The topological polar surface area (TPSA) is 0 Å². The number of hydrogen-bond donors (Lipinski definition) is 0. The highest BCUT2D eigenvalue weighted by Gasteiger charge is 2.38. The molecule has 0 bridgehead atoms. The van der Waals surface area contributed by atoms with E-state index in [1.165, 1.54) is 50.5 Å². The van der Waals surface area contributed by atoms with Gasteiger partial charge in [-0.3, -0.25) is 0 Å². The van der Waals surface area contributed by atoms with Gasteiger partial charge in [0.05, 0.1) is 10.8 Å². The number of hydrogen-bond acceptors (Lipinski definition) is 0. The van der Waals surface area contributed by atoms with E-state index < -0.39 is 0 Å². The molecule has 0 saturated heterocycles. The van der Waals surface area contributed by atoms with Gasteiger partial charge in [0.2, 0.25) is 0 Å². The van der Waals surface area contributed by atoms with Gasteiger partial charge >= 0.3 is 0 Å². The van der Waals surface area contributed by atoms with Gasteiger partial charge < -0.3 is 0 Å². The van der Waals surface area contributed by atoms with Crippen molar-refractivity contribution in [3.05, 3.63) is 11.1 Å². The fourth-order valence-corrected chi connectivity index (χ4v) is 4.71. The Balaban J connectivity index is 1.90. The molecule has 0 aromatic rings. The third-order valence-corrected chi connectivity index (χ3v) is 6.06. The summed E-state index contributed by atoms with van der Waals surface area (Å²) in [5, 5.41) is 0.314. The molecular weight excluding hydrogens is 239 g/mol. The van der Waals surface area contributed by atoms with Gasteiger partial charge in [-0.25, -0.2) is 0 Å². The molecule has 16 heavy (non-hydrogen) atoms. The second-order valence-electron chi connectivity index (χ2n) is 5.70. The van der Waals surface area contributed by atoms with Gasteiger partial charge in [0.25, 0.3) is 0 Å². The van der Waals surface area contributed by atoms with E-state index >= 15 is 0 Å². The van der Waals surface area contributed by atoms with Crippen LogP contribution in [-0.4, -0.2) is 10.8 Å². The monoisotopic (exact) mass is 258 g/mol. The SMILES string of the molecule is ClC1CCC2=C(CCC3CCCCC23)C1Cl. The summed E-state index contributed by atoms with van der Waals surface area (Å²) in [7, 11) is 0. The molecule has 0 aliphatic heterocycles. The van der Waals surface area contributed by atoms with Gasteiger partial charge in [-0.1, -0.05) is 24.0 Å². The number of allylic oxidation sites excluding steroid dienone is 2. The van der Waals surface area contributed by atoms with Crippen LogP contribution in [-0.2, 0) is 0 Å². The number of rotatable bonds is 0. The molecule has 2 heteroatoms. The van der Waals surface area contributed by atoms with Crippen molar-refractivity contribution in [2.75, 3.05) is 0 Å². The van der Waals surface area contributed by atoms with E-state index in [4.69, 9.17) is 23.2 Å². The van der Waals surface area contributed by atoms with Crippen LogP contribution in [0.25, 0.3) is 0 Å². The van der Waals surface area contributed by atoms with E-state index in [1.54, 1.807) is 5.57 Å². The van der Waals surface area contributed by atoms with Crippen molar-refractivity contribution >= 4 is 23.2 Å². The van der Waals surface area contributed by atoms with Gasteiger partial charge in [-0.15, -0.1) is 23.2 Å². The quantitative estimate of drug-likeness (QED) is 0.429. The van der Waals surface area contributed by atoms with Crippen LogP contribution < -0.4 is 0 Å². The lowest BCUT2D eigenvalue weighted by molar-refractivity contribution is 0.230. The van der Waals surface area contributed by atoms with Gasteiger partial charge in [0.1, 0.15) is 0 Å². The van der Waals surface area contributed by atoms with Crippen LogP contribution in [0.15, 0.2) is 11.1 Å². The Morgan fingerprint density at radius 2 is 1.56 bits per heavy atom. The summed E-state index contributed by atoms with van der Waals surface area (Å²) in [6, 6.07) is 0. The summed E-state index contributed by atoms with van der Waals surface area (Å²) in [4.78, 5) is 0. The Kier molecular flexibility index (Phi) is 3.23. The van der Waals surface area contributed by atoms with Crippen LogP contribution in [0.1, 0.15) is 51.4 Å². The maximum Gasteiger partial charge on any atom is 0.0711 e. The average molecular weight is 259 g/mol. The highest BCUT2D eigenvalue weighted by molar-refractivity contribution is 6.31. The molecule has 4 atom stereocenters. The van der Waals surface area contributed by atoms with Gasteiger partial charge in [0.15, 0.2) is 0 Å². The lowest BCUT2D eigenvalue weighted by Crippen LogP contribution is -2.34. The van der Waals surface area contributed by atoms with E-state index in [0.29, 0.717) is 0 Å². The highest BCUT2D eigenvalue weighted by atomic mass is 35.5. The van der Waals surface area contributed by atoms with Gasteiger partial charge in [-0.05, 0) is 50.4 Å². The molecule has 0 aromatic heterocycles. The molecule has 0 nitrogen and oxygen atoms in total. The predicted molar refractivity (Wildman–Crippen MR) is 70.2 cm³/mol. The van der Waals surface area contributed by atoms with Crippen molar-refractivity contribution in [1.82, 2.24) is 0 Å². The van der Waals surface area contributed by atoms with Crippen LogP contribution in [0.5, 0.6) is 0 Å². The Morgan fingerprint density at radius 3 is 2.44 bits per heavy atom. The minimum Gasteiger partial charge on any atom is -0.121 e. The summed E-state index contributed by atoms with van der Waals surface area (Å²) < 4.78 is 0. The molecule has 0 heterocycles. The summed E-state index contributed by atoms with van der Waals surface area (Å²) >= 11 is 12.8. The van der Waals surface area contributed by atoms with Crippen LogP contribution in [0.4, 0.5) is 0 Å². The second-order valence-corrected chi connectivity index (χ2v) is 6.73. The van der Waals surface area contributed by atoms with E-state index in [2.05, 4.69) is 0 Å². The molecule has 90 valence electrons.